The van der Waals surface area contributed by atoms with E-state index < -0.39 is 0 Å². The number of benzene rings is 1. The maximum atomic E-state index is 11.5. The third-order valence-corrected chi connectivity index (χ3v) is 4.59. The van der Waals surface area contributed by atoms with Crippen LogP contribution < -0.4 is 5.32 Å². The first-order valence-electron chi connectivity index (χ1n) is 4.96. The van der Waals surface area contributed by atoms with Gasteiger partial charge in [0, 0.05) is 9.58 Å². The van der Waals surface area contributed by atoms with Crippen molar-refractivity contribution in [1.29, 1.82) is 0 Å². The van der Waals surface area contributed by atoms with Gasteiger partial charge in [0.05, 0.1) is 4.91 Å². The highest BCUT2D eigenvalue weighted by Crippen LogP contribution is 2.31. The van der Waals surface area contributed by atoms with Gasteiger partial charge >= 0.3 is 0 Å². The van der Waals surface area contributed by atoms with Crippen molar-refractivity contribution in [1.82, 2.24) is 5.32 Å². The van der Waals surface area contributed by atoms with Crippen molar-refractivity contribution in [2.24, 2.45) is 0 Å². The number of carbonyl (C=O) groups excluding carboxylic acids is 1. The fourth-order valence-electron chi connectivity index (χ4n) is 1.62. The SMILES string of the molecule is O=C1NC(=S)SC1=Cc1cc2ccccc2s1. The summed E-state index contributed by atoms with van der Waals surface area (Å²) in [5.41, 5.74) is 0. The van der Waals surface area contributed by atoms with Gasteiger partial charge < -0.3 is 5.32 Å². The fourth-order valence-corrected chi connectivity index (χ4v) is 3.74. The molecule has 1 aromatic heterocycles. The lowest BCUT2D eigenvalue weighted by Crippen LogP contribution is -2.17. The van der Waals surface area contributed by atoms with Gasteiger partial charge in [-0.3, -0.25) is 4.79 Å². The number of nitrogens with one attached hydrogen (secondary N) is 1. The van der Waals surface area contributed by atoms with Crippen LogP contribution in [0.4, 0.5) is 0 Å². The first-order valence-corrected chi connectivity index (χ1v) is 7.00. The highest BCUT2D eigenvalue weighted by Gasteiger charge is 2.22. The second-order valence-corrected chi connectivity index (χ2v) is 6.37. The standard InChI is InChI=1S/C12H7NOS3/c14-11-10(17-12(15)13-11)6-8-5-7-3-1-2-4-9(7)16-8/h1-6H,(H,13,14,15). The number of fused-ring (bicyclic) bond motifs is 1. The van der Waals surface area contributed by atoms with E-state index in [1.54, 1.807) is 11.3 Å². The van der Waals surface area contributed by atoms with Crippen molar-refractivity contribution in [3.63, 3.8) is 0 Å². The minimum Gasteiger partial charge on any atom is -0.307 e. The number of thiophene rings is 1. The molecule has 0 saturated carbocycles. The third kappa shape index (κ3) is 2.13. The fraction of sp³-hybridized carbons (Fsp3) is 0. The van der Waals surface area contributed by atoms with Crippen molar-refractivity contribution < 1.29 is 4.79 Å². The number of hydrogen-bond acceptors (Lipinski definition) is 4. The number of carbonyl (C=O) groups is 1. The van der Waals surface area contributed by atoms with E-state index in [1.807, 2.05) is 18.2 Å². The summed E-state index contributed by atoms with van der Waals surface area (Å²) < 4.78 is 1.76. The molecule has 0 radical (unpaired) electrons. The molecule has 1 aromatic carbocycles. The van der Waals surface area contributed by atoms with Crippen LogP contribution in [0, 0.1) is 0 Å². The van der Waals surface area contributed by atoms with E-state index in [4.69, 9.17) is 12.2 Å². The Labute approximate surface area is 112 Å². The number of thioether (sulfide) groups is 1. The van der Waals surface area contributed by atoms with Crippen LogP contribution in [0.15, 0.2) is 35.2 Å². The van der Waals surface area contributed by atoms with Crippen molar-refractivity contribution in [2.75, 3.05) is 0 Å². The predicted octanol–water partition coefficient (Wildman–Crippen LogP) is 3.39. The molecule has 1 saturated heterocycles. The predicted molar refractivity (Wildman–Crippen MR) is 78.1 cm³/mol. The van der Waals surface area contributed by atoms with Gasteiger partial charge in [-0.2, -0.15) is 0 Å². The summed E-state index contributed by atoms with van der Waals surface area (Å²) in [5, 5.41) is 3.82. The molecule has 1 aliphatic heterocycles. The molecule has 0 aliphatic carbocycles. The van der Waals surface area contributed by atoms with E-state index >= 15 is 0 Å². The Morgan fingerprint density at radius 1 is 1.29 bits per heavy atom. The summed E-state index contributed by atoms with van der Waals surface area (Å²) in [7, 11) is 0. The summed E-state index contributed by atoms with van der Waals surface area (Å²) in [5.74, 6) is -0.0996. The lowest BCUT2D eigenvalue weighted by molar-refractivity contribution is -0.115. The first-order chi connectivity index (χ1) is 8.22. The number of hydrogen-bond donors (Lipinski definition) is 1. The monoisotopic (exact) mass is 277 g/mol. The number of rotatable bonds is 1. The Bertz CT molecular complexity index is 624. The molecule has 17 heavy (non-hydrogen) atoms. The Balaban J connectivity index is 2.02. The van der Waals surface area contributed by atoms with Crippen molar-refractivity contribution in [3.05, 3.63) is 40.1 Å². The Kier molecular flexibility index (Phi) is 2.74. The molecule has 1 aliphatic rings. The average Bonchev–Trinajstić information content (AvgIpc) is 2.82. The Hall–Kier alpha value is -1.17. The first kappa shape index (κ1) is 11.0. The van der Waals surface area contributed by atoms with Crippen LogP contribution >= 0.6 is 35.3 Å². The summed E-state index contributed by atoms with van der Waals surface area (Å²) in [6.45, 7) is 0. The molecule has 2 aromatic rings. The van der Waals surface area contributed by atoms with Gasteiger partial charge in [-0.05, 0) is 23.6 Å². The van der Waals surface area contributed by atoms with Crippen LogP contribution in [0.1, 0.15) is 4.88 Å². The molecule has 0 unspecified atom stereocenters. The zero-order valence-electron chi connectivity index (χ0n) is 8.60. The third-order valence-electron chi connectivity index (χ3n) is 2.36. The largest absolute Gasteiger partial charge is 0.307 e. The van der Waals surface area contributed by atoms with Crippen LogP contribution in [0.3, 0.4) is 0 Å². The summed E-state index contributed by atoms with van der Waals surface area (Å²) in [6, 6.07) is 10.3. The number of amides is 1. The summed E-state index contributed by atoms with van der Waals surface area (Å²) in [6.07, 6.45) is 1.89. The van der Waals surface area contributed by atoms with Crippen LogP contribution in [0.2, 0.25) is 0 Å². The molecule has 0 spiro atoms. The molecular formula is C12H7NOS3. The lowest BCUT2D eigenvalue weighted by Gasteiger charge is -1.88. The van der Waals surface area contributed by atoms with Gasteiger partial charge in [-0.25, -0.2) is 0 Å². The van der Waals surface area contributed by atoms with E-state index in [0.29, 0.717) is 9.23 Å². The lowest BCUT2D eigenvalue weighted by atomic mass is 10.2. The van der Waals surface area contributed by atoms with Crippen LogP contribution in [-0.4, -0.2) is 10.2 Å². The topological polar surface area (TPSA) is 29.1 Å². The highest BCUT2D eigenvalue weighted by molar-refractivity contribution is 8.26. The van der Waals surface area contributed by atoms with Crippen molar-refractivity contribution >= 4 is 61.7 Å². The van der Waals surface area contributed by atoms with Gasteiger partial charge in [-0.1, -0.05) is 42.2 Å². The second-order valence-electron chi connectivity index (χ2n) is 3.54. The minimum absolute atomic E-state index is 0.0996. The van der Waals surface area contributed by atoms with Crippen molar-refractivity contribution in [3.8, 4) is 0 Å². The van der Waals surface area contributed by atoms with Crippen LogP contribution in [-0.2, 0) is 4.79 Å². The van der Waals surface area contributed by atoms with Crippen LogP contribution in [0.5, 0.6) is 0 Å². The van der Waals surface area contributed by atoms with Gasteiger partial charge in [0.2, 0.25) is 0 Å². The highest BCUT2D eigenvalue weighted by atomic mass is 32.2. The molecule has 2 heterocycles. The molecule has 1 fully saturated rings. The summed E-state index contributed by atoms with van der Waals surface area (Å²) in [4.78, 5) is 13.3. The molecule has 2 nitrogen and oxygen atoms in total. The maximum absolute atomic E-state index is 11.5. The molecule has 1 amide bonds. The second kappa shape index (κ2) is 4.25. The van der Waals surface area contributed by atoms with Crippen LogP contribution in [0.25, 0.3) is 16.2 Å². The molecular weight excluding hydrogens is 270 g/mol. The molecule has 0 atom stereocenters. The van der Waals surface area contributed by atoms with Gasteiger partial charge in [0.15, 0.2) is 0 Å². The average molecular weight is 277 g/mol. The molecule has 84 valence electrons. The molecule has 5 heteroatoms. The molecule has 0 bridgehead atoms. The number of thiocarbonyl (C=S) groups is 1. The van der Waals surface area contributed by atoms with E-state index in [1.165, 1.54) is 21.8 Å². The zero-order chi connectivity index (χ0) is 11.8. The normalized spacial score (nSPS) is 18.0. The van der Waals surface area contributed by atoms with Crippen molar-refractivity contribution in [2.45, 2.75) is 0 Å². The summed E-state index contributed by atoms with van der Waals surface area (Å²) >= 11 is 7.94. The quantitative estimate of drug-likeness (QED) is 0.640. The zero-order valence-corrected chi connectivity index (χ0v) is 11.0. The smallest absolute Gasteiger partial charge is 0.263 e. The maximum Gasteiger partial charge on any atom is 0.263 e. The Morgan fingerprint density at radius 2 is 2.12 bits per heavy atom. The Morgan fingerprint density at radius 3 is 2.82 bits per heavy atom. The molecule has 3 rings (SSSR count). The van der Waals surface area contributed by atoms with Gasteiger partial charge in [-0.15, -0.1) is 11.3 Å². The van der Waals surface area contributed by atoms with E-state index in [-0.39, 0.29) is 5.91 Å². The van der Waals surface area contributed by atoms with E-state index in [9.17, 15) is 4.79 Å². The van der Waals surface area contributed by atoms with E-state index in [2.05, 4.69) is 23.5 Å². The van der Waals surface area contributed by atoms with E-state index in [0.717, 1.165) is 4.88 Å². The minimum atomic E-state index is -0.0996. The molecule has 1 N–H and O–H groups in total. The van der Waals surface area contributed by atoms with Gasteiger partial charge in [0.25, 0.3) is 5.91 Å². The van der Waals surface area contributed by atoms with Gasteiger partial charge in [0.1, 0.15) is 4.32 Å².